The number of hydrogen-bond donors (Lipinski definition) is 0. The van der Waals surface area contributed by atoms with Crippen LogP contribution in [-0.4, -0.2) is 29.5 Å². The van der Waals surface area contributed by atoms with Crippen molar-refractivity contribution in [1.82, 2.24) is 29.5 Å². The highest BCUT2D eigenvalue weighted by molar-refractivity contribution is 7.98. The van der Waals surface area contributed by atoms with Crippen molar-refractivity contribution in [3.8, 4) is 11.4 Å². The van der Waals surface area contributed by atoms with Crippen LogP contribution >= 0.6 is 23.5 Å². The average molecular weight is 453 g/mol. The Morgan fingerprint density at radius 2 is 1.61 bits per heavy atom. The molecule has 0 spiro atoms. The lowest BCUT2D eigenvalue weighted by Crippen LogP contribution is -2.02. The molecule has 2 aromatic carbocycles. The van der Waals surface area contributed by atoms with Crippen molar-refractivity contribution >= 4 is 23.5 Å². The molecule has 9 heteroatoms. The lowest BCUT2D eigenvalue weighted by atomic mass is 10.2. The van der Waals surface area contributed by atoms with E-state index in [2.05, 4.69) is 27.0 Å². The summed E-state index contributed by atoms with van der Waals surface area (Å²) in [7, 11) is 1.95. The first-order valence-electron chi connectivity index (χ1n) is 9.63. The smallest absolute Gasteiger partial charge is 0.192 e. The molecule has 0 aliphatic carbocycles. The summed E-state index contributed by atoms with van der Waals surface area (Å²) in [5.74, 6) is 2.75. The van der Waals surface area contributed by atoms with E-state index in [4.69, 9.17) is 0 Å². The first-order chi connectivity index (χ1) is 15.2. The van der Waals surface area contributed by atoms with Gasteiger partial charge in [-0.15, -0.1) is 27.0 Å². The SMILES string of the molecule is C=CCn1c(SCc2nnc(SCc3ccc(F)cc3)n2C)nnc1-c1ccccc1. The van der Waals surface area contributed by atoms with E-state index in [-0.39, 0.29) is 5.82 Å². The highest BCUT2D eigenvalue weighted by atomic mass is 32.2. The summed E-state index contributed by atoms with van der Waals surface area (Å²) >= 11 is 3.14. The second-order valence-corrected chi connectivity index (χ2v) is 8.62. The molecular weight excluding hydrogens is 431 g/mol. The molecule has 2 heterocycles. The topological polar surface area (TPSA) is 61.4 Å². The van der Waals surface area contributed by atoms with Crippen LogP contribution in [0, 0.1) is 5.82 Å². The quantitative estimate of drug-likeness (QED) is 0.264. The Balaban J connectivity index is 1.44. The number of allylic oxidation sites excluding steroid dienone is 1. The zero-order valence-corrected chi connectivity index (χ0v) is 18.6. The van der Waals surface area contributed by atoms with Crippen molar-refractivity contribution in [3.05, 3.63) is 84.5 Å². The first kappa shape index (κ1) is 21.3. The fraction of sp³-hybridized carbons (Fsp3) is 0.182. The largest absolute Gasteiger partial charge is 0.308 e. The lowest BCUT2D eigenvalue weighted by Gasteiger charge is -2.08. The van der Waals surface area contributed by atoms with Crippen molar-refractivity contribution in [2.75, 3.05) is 0 Å². The predicted molar refractivity (Wildman–Crippen MR) is 122 cm³/mol. The Labute approximate surface area is 188 Å². The van der Waals surface area contributed by atoms with E-state index in [1.54, 1.807) is 35.7 Å². The minimum absolute atomic E-state index is 0.230. The molecule has 2 aromatic heterocycles. The van der Waals surface area contributed by atoms with E-state index in [9.17, 15) is 4.39 Å². The maximum absolute atomic E-state index is 13.1. The van der Waals surface area contributed by atoms with Crippen LogP contribution in [0.2, 0.25) is 0 Å². The van der Waals surface area contributed by atoms with Crippen molar-refractivity contribution < 1.29 is 4.39 Å². The van der Waals surface area contributed by atoms with Gasteiger partial charge in [0.1, 0.15) is 11.6 Å². The molecule has 0 unspecified atom stereocenters. The van der Waals surface area contributed by atoms with Crippen molar-refractivity contribution in [3.63, 3.8) is 0 Å². The van der Waals surface area contributed by atoms with Gasteiger partial charge in [-0.2, -0.15) is 0 Å². The molecule has 0 fully saturated rings. The number of halogens is 1. The molecule has 0 saturated heterocycles. The summed E-state index contributed by atoms with van der Waals surface area (Å²) in [5, 5.41) is 19.0. The van der Waals surface area contributed by atoms with E-state index in [0.29, 0.717) is 18.1 Å². The van der Waals surface area contributed by atoms with Crippen LogP contribution in [0.5, 0.6) is 0 Å². The van der Waals surface area contributed by atoms with Gasteiger partial charge in [0, 0.05) is 24.9 Å². The van der Waals surface area contributed by atoms with Gasteiger partial charge < -0.3 is 4.57 Å². The molecule has 0 aliphatic heterocycles. The summed E-state index contributed by atoms with van der Waals surface area (Å²) < 4.78 is 17.1. The Bertz CT molecular complexity index is 1150. The van der Waals surface area contributed by atoms with Crippen LogP contribution < -0.4 is 0 Å². The van der Waals surface area contributed by atoms with Gasteiger partial charge >= 0.3 is 0 Å². The van der Waals surface area contributed by atoms with Crippen molar-refractivity contribution in [1.29, 1.82) is 0 Å². The molecule has 0 amide bonds. The lowest BCUT2D eigenvalue weighted by molar-refractivity contribution is 0.627. The molecule has 0 N–H and O–H groups in total. The molecule has 0 radical (unpaired) electrons. The molecule has 0 aliphatic rings. The third kappa shape index (κ3) is 5.05. The van der Waals surface area contributed by atoms with Gasteiger partial charge in [0.2, 0.25) is 0 Å². The van der Waals surface area contributed by atoms with Crippen LogP contribution in [0.3, 0.4) is 0 Å². The summed E-state index contributed by atoms with van der Waals surface area (Å²) in [5.41, 5.74) is 2.05. The van der Waals surface area contributed by atoms with Gasteiger partial charge in [0.05, 0.1) is 5.75 Å². The standard InChI is InChI=1S/C22H21FN6S2/c1-3-13-29-20(17-7-5-4-6-8-17)25-27-22(29)31-15-19-24-26-21(28(19)2)30-14-16-9-11-18(23)12-10-16/h3-12H,1,13-15H2,2H3. The molecule has 0 atom stereocenters. The molecule has 158 valence electrons. The van der Waals surface area contributed by atoms with Crippen molar-refractivity contribution in [2.45, 2.75) is 28.4 Å². The summed E-state index contributed by atoms with van der Waals surface area (Å²) in [6, 6.07) is 16.5. The van der Waals surface area contributed by atoms with Gasteiger partial charge in [-0.05, 0) is 17.7 Å². The maximum atomic E-state index is 13.1. The van der Waals surface area contributed by atoms with Crippen molar-refractivity contribution in [2.24, 2.45) is 7.05 Å². The van der Waals surface area contributed by atoms with Gasteiger partial charge in [-0.25, -0.2) is 4.39 Å². The highest BCUT2D eigenvalue weighted by Gasteiger charge is 2.16. The minimum Gasteiger partial charge on any atom is -0.308 e. The molecule has 0 saturated carbocycles. The summed E-state index contributed by atoms with van der Waals surface area (Å²) in [4.78, 5) is 0. The molecule has 6 nitrogen and oxygen atoms in total. The van der Waals surface area contributed by atoms with Gasteiger partial charge in [-0.1, -0.05) is 72.1 Å². The van der Waals surface area contributed by atoms with Crippen LogP contribution in [0.25, 0.3) is 11.4 Å². The van der Waals surface area contributed by atoms with E-state index in [1.807, 2.05) is 52.6 Å². The number of aromatic nitrogens is 6. The van der Waals surface area contributed by atoms with Gasteiger partial charge in [0.15, 0.2) is 16.1 Å². The Kier molecular flexibility index (Phi) is 6.83. The zero-order valence-electron chi connectivity index (χ0n) is 17.0. The summed E-state index contributed by atoms with van der Waals surface area (Å²) in [6.45, 7) is 4.48. The molecular formula is C22H21FN6S2. The average Bonchev–Trinajstić information content (AvgIpc) is 3.36. The molecule has 0 bridgehead atoms. The number of hydrogen-bond acceptors (Lipinski definition) is 6. The monoisotopic (exact) mass is 452 g/mol. The highest BCUT2D eigenvalue weighted by Crippen LogP contribution is 2.27. The maximum Gasteiger partial charge on any atom is 0.192 e. The molecule has 4 rings (SSSR count). The Morgan fingerprint density at radius 1 is 0.903 bits per heavy atom. The predicted octanol–water partition coefficient (Wildman–Crippen LogP) is 4.98. The second-order valence-electron chi connectivity index (χ2n) is 6.73. The molecule has 4 aromatic rings. The summed E-state index contributed by atoms with van der Waals surface area (Å²) in [6.07, 6.45) is 1.84. The van der Waals surface area contributed by atoms with Gasteiger partial charge in [-0.3, -0.25) is 4.57 Å². The number of rotatable bonds is 9. The third-order valence-corrected chi connectivity index (χ3v) is 6.65. The van der Waals surface area contributed by atoms with E-state index in [0.717, 1.165) is 33.1 Å². The van der Waals surface area contributed by atoms with E-state index in [1.165, 1.54) is 12.1 Å². The minimum atomic E-state index is -0.230. The van der Waals surface area contributed by atoms with Gasteiger partial charge in [0.25, 0.3) is 0 Å². The van der Waals surface area contributed by atoms with Crippen LogP contribution in [0.15, 0.2) is 77.6 Å². The van der Waals surface area contributed by atoms with Crippen LogP contribution in [0.4, 0.5) is 4.39 Å². The third-order valence-electron chi connectivity index (χ3n) is 4.60. The fourth-order valence-electron chi connectivity index (χ4n) is 2.94. The second kappa shape index (κ2) is 9.93. The molecule has 31 heavy (non-hydrogen) atoms. The zero-order chi connectivity index (χ0) is 21.6. The van der Waals surface area contributed by atoms with E-state index < -0.39 is 0 Å². The number of nitrogens with zero attached hydrogens (tertiary/aromatic N) is 6. The van der Waals surface area contributed by atoms with E-state index >= 15 is 0 Å². The first-order valence-corrected chi connectivity index (χ1v) is 11.6. The number of thioether (sulfide) groups is 2. The Hall–Kier alpha value is -2.91. The van der Waals surface area contributed by atoms with Crippen LogP contribution in [-0.2, 0) is 25.1 Å². The van der Waals surface area contributed by atoms with Crippen LogP contribution in [0.1, 0.15) is 11.4 Å². The normalized spacial score (nSPS) is 11.0. The number of benzene rings is 2. The fourth-order valence-corrected chi connectivity index (χ4v) is 4.75. The Morgan fingerprint density at radius 3 is 2.35 bits per heavy atom.